The van der Waals surface area contributed by atoms with E-state index >= 15 is 0 Å². The molecule has 88 valence electrons. The minimum Gasteiger partial charge on any atom is -0.488 e. The minimum atomic E-state index is -0.259. The number of hydrogen-bond donors (Lipinski definition) is 1. The molecule has 1 saturated carbocycles. The fourth-order valence-electron chi connectivity index (χ4n) is 2.13. The maximum atomic E-state index is 9.77. The average molecular weight is 241 g/mol. The molecule has 3 heteroatoms. The first kappa shape index (κ1) is 11.7. The third kappa shape index (κ3) is 1.80. The lowest BCUT2D eigenvalue weighted by atomic mass is 9.63. The fourth-order valence-corrected chi connectivity index (χ4v) is 2.32. The first-order valence-electron chi connectivity index (χ1n) is 5.67. The SMILES string of the molecule is CCC1(C)C(O)CC1Oc1ccccc1Cl. The lowest BCUT2D eigenvalue weighted by molar-refractivity contribution is -0.147. The molecule has 1 aliphatic rings. The topological polar surface area (TPSA) is 29.5 Å². The van der Waals surface area contributed by atoms with Crippen LogP contribution in [-0.4, -0.2) is 17.3 Å². The zero-order valence-electron chi connectivity index (χ0n) is 9.61. The molecule has 1 aliphatic carbocycles. The molecule has 0 amide bonds. The highest BCUT2D eigenvalue weighted by atomic mass is 35.5. The zero-order chi connectivity index (χ0) is 11.8. The number of benzene rings is 1. The van der Waals surface area contributed by atoms with Crippen molar-refractivity contribution in [2.75, 3.05) is 0 Å². The Hall–Kier alpha value is -0.730. The summed E-state index contributed by atoms with van der Waals surface area (Å²) in [5.41, 5.74) is -0.140. The number of aliphatic hydroxyl groups is 1. The number of rotatable bonds is 3. The van der Waals surface area contributed by atoms with Gasteiger partial charge in [0, 0.05) is 11.8 Å². The van der Waals surface area contributed by atoms with Crippen LogP contribution in [0.25, 0.3) is 0 Å². The highest BCUT2D eigenvalue weighted by molar-refractivity contribution is 6.32. The van der Waals surface area contributed by atoms with Gasteiger partial charge in [0.05, 0.1) is 11.1 Å². The summed E-state index contributed by atoms with van der Waals surface area (Å²) in [7, 11) is 0. The van der Waals surface area contributed by atoms with Crippen LogP contribution in [0.4, 0.5) is 0 Å². The molecule has 0 heterocycles. The van der Waals surface area contributed by atoms with Crippen LogP contribution in [0.1, 0.15) is 26.7 Å². The second-order valence-electron chi connectivity index (χ2n) is 4.65. The predicted molar refractivity (Wildman–Crippen MR) is 64.9 cm³/mol. The summed E-state index contributed by atoms with van der Waals surface area (Å²) in [6.45, 7) is 4.13. The molecule has 0 radical (unpaired) electrons. The Kier molecular flexibility index (Phi) is 3.13. The Morgan fingerprint density at radius 1 is 1.50 bits per heavy atom. The molecule has 0 saturated heterocycles. The van der Waals surface area contributed by atoms with Crippen molar-refractivity contribution in [3.63, 3.8) is 0 Å². The number of ether oxygens (including phenoxy) is 1. The summed E-state index contributed by atoms with van der Waals surface area (Å²) in [6, 6.07) is 7.46. The molecule has 0 aliphatic heterocycles. The van der Waals surface area contributed by atoms with Crippen LogP contribution < -0.4 is 4.74 Å². The van der Waals surface area contributed by atoms with Gasteiger partial charge in [0.15, 0.2) is 0 Å². The Morgan fingerprint density at radius 3 is 2.75 bits per heavy atom. The van der Waals surface area contributed by atoms with Crippen LogP contribution in [-0.2, 0) is 0 Å². The van der Waals surface area contributed by atoms with E-state index in [0.29, 0.717) is 17.2 Å². The number of para-hydroxylation sites is 1. The molecule has 1 fully saturated rings. The van der Waals surface area contributed by atoms with Gasteiger partial charge in [-0.3, -0.25) is 0 Å². The zero-order valence-corrected chi connectivity index (χ0v) is 10.4. The van der Waals surface area contributed by atoms with E-state index in [0.717, 1.165) is 6.42 Å². The minimum absolute atomic E-state index is 0.0624. The summed E-state index contributed by atoms with van der Waals surface area (Å²) in [5, 5.41) is 10.4. The van der Waals surface area contributed by atoms with Gasteiger partial charge in [-0.15, -0.1) is 0 Å². The molecular weight excluding hydrogens is 224 g/mol. The molecule has 2 nitrogen and oxygen atoms in total. The number of halogens is 1. The molecule has 1 N–H and O–H groups in total. The molecule has 1 aromatic rings. The van der Waals surface area contributed by atoms with Crippen molar-refractivity contribution < 1.29 is 9.84 Å². The van der Waals surface area contributed by atoms with Gasteiger partial charge < -0.3 is 9.84 Å². The first-order valence-corrected chi connectivity index (χ1v) is 6.05. The van der Waals surface area contributed by atoms with Gasteiger partial charge in [-0.05, 0) is 18.6 Å². The molecule has 3 atom stereocenters. The average Bonchev–Trinajstić information content (AvgIpc) is 2.30. The molecule has 3 unspecified atom stereocenters. The third-order valence-corrected chi connectivity index (χ3v) is 4.11. The van der Waals surface area contributed by atoms with Crippen LogP contribution in [0.3, 0.4) is 0 Å². The molecule has 0 spiro atoms. The van der Waals surface area contributed by atoms with E-state index in [4.69, 9.17) is 16.3 Å². The maximum absolute atomic E-state index is 9.77. The molecular formula is C13H17ClO2. The van der Waals surface area contributed by atoms with Crippen molar-refractivity contribution in [1.82, 2.24) is 0 Å². The lowest BCUT2D eigenvalue weighted by Gasteiger charge is -2.50. The second-order valence-corrected chi connectivity index (χ2v) is 5.05. The van der Waals surface area contributed by atoms with Crippen LogP contribution in [0.2, 0.25) is 5.02 Å². The first-order chi connectivity index (χ1) is 7.58. The van der Waals surface area contributed by atoms with Crippen molar-refractivity contribution in [2.24, 2.45) is 5.41 Å². The quantitative estimate of drug-likeness (QED) is 0.879. The van der Waals surface area contributed by atoms with Crippen LogP contribution in [0.15, 0.2) is 24.3 Å². The van der Waals surface area contributed by atoms with Gasteiger partial charge in [0.25, 0.3) is 0 Å². The third-order valence-electron chi connectivity index (χ3n) is 3.80. The normalized spacial score (nSPS) is 33.2. The van der Waals surface area contributed by atoms with E-state index in [1.54, 1.807) is 0 Å². The van der Waals surface area contributed by atoms with Gasteiger partial charge in [0.2, 0.25) is 0 Å². The summed E-state index contributed by atoms with van der Waals surface area (Å²) >= 11 is 6.03. The summed E-state index contributed by atoms with van der Waals surface area (Å²) < 4.78 is 5.87. The fraction of sp³-hybridized carbons (Fsp3) is 0.538. The van der Waals surface area contributed by atoms with Gasteiger partial charge in [0.1, 0.15) is 11.9 Å². The summed E-state index contributed by atoms with van der Waals surface area (Å²) in [5.74, 6) is 0.709. The van der Waals surface area contributed by atoms with Gasteiger partial charge in [-0.2, -0.15) is 0 Å². The van der Waals surface area contributed by atoms with Gasteiger partial charge in [-0.25, -0.2) is 0 Å². The second kappa shape index (κ2) is 4.27. The highest BCUT2D eigenvalue weighted by Gasteiger charge is 2.51. The summed E-state index contributed by atoms with van der Waals surface area (Å²) in [4.78, 5) is 0. The van der Waals surface area contributed by atoms with Crippen LogP contribution >= 0.6 is 11.6 Å². The van der Waals surface area contributed by atoms with Crippen molar-refractivity contribution in [1.29, 1.82) is 0 Å². The Labute approximate surface area is 101 Å². The van der Waals surface area contributed by atoms with Crippen molar-refractivity contribution >= 4 is 11.6 Å². The van der Waals surface area contributed by atoms with E-state index in [9.17, 15) is 5.11 Å². The number of aliphatic hydroxyl groups excluding tert-OH is 1. The largest absolute Gasteiger partial charge is 0.488 e. The molecule has 16 heavy (non-hydrogen) atoms. The van der Waals surface area contributed by atoms with E-state index in [-0.39, 0.29) is 17.6 Å². The molecule has 0 bridgehead atoms. The van der Waals surface area contributed by atoms with E-state index < -0.39 is 0 Å². The van der Waals surface area contributed by atoms with Crippen LogP contribution in [0.5, 0.6) is 5.75 Å². The Bertz CT molecular complexity index is 380. The van der Waals surface area contributed by atoms with E-state index in [1.807, 2.05) is 24.3 Å². The molecule has 0 aromatic heterocycles. The predicted octanol–water partition coefficient (Wildman–Crippen LogP) is 3.27. The summed E-state index contributed by atoms with van der Waals surface area (Å²) in [6.07, 6.45) is 1.40. The highest BCUT2D eigenvalue weighted by Crippen LogP contribution is 2.46. The van der Waals surface area contributed by atoms with Crippen molar-refractivity contribution in [3.05, 3.63) is 29.3 Å². The molecule has 1 aromatic carbocycles. The van der Waals surface area contributed by atoms with Crippen LogP contribution in [0, 0.1) is 5.41 Å². The Morgan fingerprint density at radius 2 is 2.19 bits per heavy atom. The monoisotopic (exact) mass is 240 g/mol. The smallest absolute Gasteiger partial charge is 0.138 e. The maximum Gasteiger partial charge on any atom is 0.138 e. The van der Waals surface area contributed by atoms with E-state index in [2.05, 4.69) is 13.8 Å². The van der Waals surface area contributed by atoms with Crippen molar-refractivity contribution in [3.8, 4) is 5.75 Å². The van der Waals surface area contributed by atoms with Gasteiger partial charge >= 0.3 is 0 Å². The van der Waals surface area contributed by atoms with Gasteiger partial charge in [-0.1, -0.05) is 37.6 Å². The lowest BCUT2D eigenvalue weighted by Crippen LogP contribution is -2.57. The van der Waals surface area contributed by atoms with Crippen molar-refractivity contribution in [2.45, 2.75) is 38.9 Å². The number of hydrogen-bond acceptors (Lipinski definition) is 2. The Balaban J connectivity index is 2.10. The molecule has 2 rings (SSSR count). The standard InChI is InChI=1S/C13H17ClO2/c1-3-13(2)11(15)8-12(13)16-10-7-5-4-6-9(10)14/h4-7,11-12,15H,3,8H2,1-2H3. The van der Waals surface area contributed by atoms with E-state index in [1.165, 1.54) is 0 Å².